The van der Waals surface area contributed by atoms with Gasteiger partial charge in [-0.1, -0.05) is 315 Å². The van der Waals surface area contributed by atoms with Gasteiger partial charge >= 0.3 is 0 Å². The predicted octanol–water partition coefficient (Wildman–Crippen LogP) is 28.9. The standard InChI is InChI=1S/C53H36N2.C35H25N.C18H12BrN.CH4/c1-5-19-39(20-6-1)53(40-21-7-2-8-22-40)49-34-38-18-14-13-17-37(38)33-47(49)45-31-29-44(36-50(45)53)54(41-23-9-3-10-24-41)43-30-32-52-48(35-43)46-27-15-16-28-51(46)55(52)42-25-11-4-12-26-42;1-4-14-27(15-5-1)35(28-16-6-2-7-17-28)33-23-26-13-11-10-12-25(26)22-32(33)31-21-20-30(24-34(31)35)36-29-18-8-3-9-19-29;19-13-10-11-18-16(12-13)15-8-4-5-9-17(15)20(18)14-6-2-1-3-7-14;/h1-36H;1-24,36H;1-12H;1H4. The number of benzene rings is 18. The predicted molar refractivity (Wildman–Crippen MR) is 476 cm³/mol. The maximum atomic E-state index is 3.63. The van der Waals surface area contributed by atoms with Gasteiger partial charge in [0.25, 0.3) is 0 Å². The summed E-state index contributed by atoms with van der Waals surface area (Å²) in [5, 5.41) is 13.7. The summed E-state index contributed by atoms with van der Waals surface area (Å²) in [5.41, 5.74) is 27.3. The zero-order chi connectivity index (χ0) is 73.8. The first kappa shape index (κ1) is 68.7. The van der Waals surface area contributed by atoms with Crippen molar-refractivity contribution in [1.29, 1.82) is 0 Å². The van der Waals surface area contributed by atoms with Gasteiger partial charge in [-0.2, -0.15) is 0 Å². The fraction of sp³-hybridized carbons (Fsp3) is 0.0280. The maximum Gasteiger partial charge on any atom is 0.0714 e. The monoisotopic (exact) mass is 1500 g/mol. The van der Waals surface area contributed by atoms with Crippen LogP contribution in [0.5, 0.6) is 0 Å². The molecule has 0 spiro atoms. The molecule has 0 fully saturated rings. The van der Waals surface area contributed by atoms with E-state index >= 15 is 0 Å². The van der Waals surface area contributed by atoms with Gasteiger partial charge in [0.1, 0.15) is 0 Å². The van der Waals surface area contributed by atoms with E-state index in [9.17, 15) is 0 Å². The van der Waals surface area contributed by atoms with Crippen LogP contribution in [-0.2, 0) is 10.8 Å². The van der Waals surface area contributed by atoms with Crippen LogP contribution in [0, 0.1) is 0 Å². The maximum absolute atomic E-state index is 3.63. The van der Waals surface area contributed by atoms with E-state index < -0.39 is 10.8 Å². The van der Waals surface area contributed by atoms with Crippen LogP contribution in [0.25, 0.3) is 98.8 Å². The number of halogens is 1. The smallest absolute Gasteiger partial charge is 0.0714 e. The Bertz CT molecular complexity index is 6760. The Kier molecular flexibility index (Phi) is 17.8. The van der Waals surface area contributed by atoms with Crippen LogP contribution >= 0.6 is 15.9 Å². The number of fused-ring (bicyclic) bond motifs is 14. The molecule has 0 saturated carbocycles. The highest BCUT2D eigenvalue weighted by Gasteiger charge is 2.48. The summed E-state index contributed by atoms with van der Waals surface area (Å²) in [5.74, 6) is 0. The van der Waals surface area contributed by atoms with Gasteiger partial charge in [-0.15, -0.1) is 0 Å². The van der Waals surface area contributed by atoms with Gasteiger partial charge in [0, 0.05) is 65.8 Å². The van der Waals surface area contributed by atoms with Crippen molar-refractivity contribution in [2.45, 2.75) is 18.3 Å². The number of hydrogen-bond donors (Lipinski definition) is 1. The summed E-state index contributed by atoms with van der Waals surface area (Å²) in [4.78, 5) is 2.43. The number of hydrogen-bond acceptors (Lipinski definition) is 2. The average molecular weight is 1500 g/mol. The summed E-state index contributed by atoms with van der Waals surface area (Å²) >= 11 is 3.57. The van der Waals surface area contributed by atoms with E-state index in [1.807, 2.05) is 12.1 Å². The molecule has 0 unspecified atom stereocenters. The zero-order valence-corrected chi connectivity index (χ0v) is 62.4. The van der Waals surface area contributed by atoms with Crippen molar-refractivity contribution in [3.8, 4) is 33.6 Å². The topological polar surface area (TPSA) is 25.1 Å². The molecule has 2 aliphatic carbocycles. The number of rotatable bonds is 11. The number of aromatic nitrogens is 2. The van der Waals surface area contributed by atoms with E-state index in [4.69, 9.17) is 0 Å². The lowest BCUT2D eigenvalue weighted by atomic mass is 9.67. The molecule has 532 valence electrons. The Labute approximate surface area is 661 Å². The number of para-hydroxylation sites is 6. The number of nitrogens with zero attached hydrogens (tertiary/aromatic N) is 3. The number of anilines is 5. The first-order valence-corrected chi connectivity index (χ1v) is 38.9. The summed E-state index contributed by atoms with van der Waals surface area (Å²) in [6.07, 6.45) is 0. The highest BCUT2D eigenvalue weighted by atomic mass is 79.9. The van der Waals surface area contributed by atoms with Crippen LogP contribution in [0.15, 0.2) is 441 Å². The van der Waals surface area contributed by atoms with Crippen molar-refractivity contribution in [2.24, 2.45) is 0 Å². The van der Waals surface area contributed by atoms with E-state index in [1.165, 1.54) is 138 Å². The molecule has 2 aromatic heterocycles. The summed E-state index contributed by atoms with van der Waals surface area (Å²) in [7, 11) is 0. The molecule has 0 bridgehead atoms. The van der Waals surface area contributed by atoms with E-state index in [0.29, 0.717) is 0 Å². The van der Waals surface area contributed by atoms with Crippen LogP contribution in [0.2, 0.25) is 0 Å². The fourth-order valence-corrected chi connectivity index (χ4v) is 18.4. The zero-order valence-electron chi connectivity index (χ0n) is 60.8. The molecular weight excluding hydrogens is 1420 g/mol. The van der Waals surface area contributed by atoms with Gasteiger partial charge in [0.05, 0.1) is 32.9 Å². The molecule has 0 amide bonds. The van der Waals surface area contributed by atoms with E-state index in [0.717, 1.165) is 38.6 Å². The summed E-state index contributed by atoms with van der Waals surface area (Å²) in [6.45, 7) is 0. The minimum atomic E-state index is -0.525. The molecule has 2 aliphatic rings. The minimum absolute atomic E-state index is 0. The van der Waals surface area contributed by atoms with Crippen LogP contribution < -0.4 is 10.2 Å². The molecule has 0 aliphatic heterocycles. The van der Waals surface area contributed by atoms with E-state index in [2.05, 4.69) is 460 Å². The Balaban J connectivity index is 0.000000126. The van der Waals surface area contributed by atoms with E-state index in [-0.39, 0.29) is 7.43 Å². The van der Waals surface area contributed by atoms with Crippen LogP contribution in [0.3, 0.4) is 0 Å². The number of nitrogens with one attached hydrogen (secondary N) is 1. The van der Waals surface area contributed by atoms with Crippen molar-refractivity contribution in [2.75, 3.05) is 10.2 Å². The molecule has 4 nitrogen and oxygen atoms in total. The first-order chi connectivity index (χ1) is 55.0. The highest BCUT2D eigenvalue weighted by molar-refractivity contribution is 9.10. The molecular formula is C107H77BrN4. The third-order valence-electron chi connectivity index (χ3n) is 22.7. The van der Waals surface area contributed by atoms with Crippen molar-refractivity contribution >= 4 is 110 Å². The largest absolute Gasteiger partial charge is 0.356 e. The van der Waals surface area contributed by atoms with E-state index in [1.54, 1.807) is 0 Å². The lowest BCUT2D eigenvalue weighted by molar-refractivity contribution is 0.769. The quantitative estimate of drug-likeness (QED) is 0.140. The normalized spacial score (nSPS) is 12.6. The van der Waals surface area contributed by atoms with Crippen molar-refractivity contribution < 1.29 is 0 Å². The summed E-state index contributed by atoms with van der Waals surface area (Å²) in [6, 6.07) is 158. The van der Waals surface area contributed by atoms with Gasteiger partial charge in [-0.05, 0) is 234 Å². The van der Waals surface area contributed by atoms with Crippen molar-refractivity contribution in [3.63, 3.8) is 0 Å². The Hall–Kier alpha value is -13.8. The fourth-order valence-electron chi connectivity index (χ4n) is 18.0. The Morgan fingerprint density at radius 3 is 1.04 bits per heavy atom. The molecule has 5 heteroatoms. The molecule has 112 heavy (non-hydrogen) atoms. The molecule has 2 heterocycles. The third-order valence-corrected chi connectivity index (χ3v) is 23.2. The summed E-state index contributed by atoms with van der Waals surface area (Å²) < 4.78 is 5.81. The van der Waals surface area contributed by atoms with Gasteiger partial charge < -0.3 is 19.4 Å². The highest BCUT2D eigenvalue weighted by Crippen LogP contribution is 2.60. The third kappa shape index (κ3) is 11.6. The first-order valence-electron chi connectivity index (χ1n) is 38.1. The molecule has 0 radical (unpaired) electrons. The van der Waals surface area contributed by atoms with Crippen LogP contribution in [-0.4, -0.2) is 9.13 Å². The molecule has 22 rings (SSSR count). The van der Waals surface area contributed by atoms with Gasteiger partial charge in [-0.25, -0.2) is 0 Å². The minimum Gasteiger partial charge on any atom is -0.356 e. The second-order valence-corrected chi connectivity index (χ2v) is 29.8. The SMILES string of the molecule is Brc1ccc2c(c1)c1ccccc1n2-c1ccccc1.C.c1ccc(N(c2ccc3c(c2)C(c2ccccc2)(c2ccccc2)c2cc4ccccc4cc2-3)c2ccc3c(c2)c2ccccc2n3-c2ccccc2)cc1.c1ccc(Nc2ccc3c(c2)C(c2ccccc2)(c2ccccc2)c2cc4ccccc4cc2-3)cc1. The Morgan fingerprint density at radius 1 is 0.232 bits per heavy atom. The Morgan fingerprint density at radius 2 is 0.571 bits per heavy atom. The van der Waals surface area contributed by atoms with Gasteiger partial charge in [0.2, 0.25) is 0 Å². The average Bonchev–Trinajstić information content (AvgIpc) is 1.53. The lowest BCUT2D eigenvalue weighted by Gasteiger charge is -2.35. The second kappa shape index (κ2) is 29.0. The van der Waals surface area contributed by atoms with Crippen molar-refractivity contribution in [3.05, 3.63) is 486 Å². The lowest BCUT2D eigenvalue weighted by Crippen LogP contribution is -2.28. The second-order valence-electron chi connectivity index (χ2n) is 28.8. The van der Waals surface area contributed by atoms with Crippen LogP contribution in [0.4, 0.5) is 28.4 Å². The molecule has 18 aromatic carbocycles. The molecule has 1 N–H and O–H groups in total. The molecule has 20 aromatic rings. The van der Waals surface area contributed by atoms with Gasteiger partial charge in [-0.3, -0.25) is 0 Å². The molecule has 0 saturated heterocycles. The van der Waals surface area contributed by atoms with Crippen LogP contribution in [0.1, 0.15) is 51.9 Å². The van der Waals surface area contributed by atoms with Gasteiger partial charge in [0.15, 0.2) is 0 Å². The van der Waals surface area contributed by atoms with Crippen molar-refractivity contribution in [1.82, 2.24) is 9.13 Å². The molecule has 0 atom stereocenters.